The Morgan fingerprint density at radius 3 is 2.09 bits per heavy atom. The fourth-order valence-electron chi connectivity index (χ4n) is 2.15. The molecule has 0 saturated carbocycles. The van der Waals surface area contributed by atoms with Gasteiger partial charge in [-0.05, 0) is 12.1 Å². The first-order valence-corrected chi connectivity index (χ1v) is 9.15. The minimum absolute atomic E-state index is 0.000543. The highest BCUT2D eigenvalue weighted by atomic mass is 31.2. The van der Waals surface area contributed by atoms with E-state index in [2.05, 4.69) is 0 Å². The second-order valence-electron chi connectivity index (χ2n) is 6.27. The van der Waals surface area contributed by atoms with Crippen LogP contribution in [-0.4, -0.2) is 16.4 Å². The van der Waals surface area contributed by atoms with Crippen LogP contribution in [0.1, 0.15) is 20.8 Å². The Hall–Kier alpha value is -2.13. The van der Waals surface area contributed by atoms with Crippen LogP contribution in [0.4, 0.5) is 5.69 Å². The number of hydrogen-bond acceptors (Lipinski definition) is 4. The molecule has 0 bridgehead atoms. The van der Waals surface area contributed by atoms with E-state index >= 15 is 0 Å². The van der Waals surface area contributed by atoms with Crippen LogP contribution >= 0.6 is 7.14 Å². The van der Waals surface area contributed by atoms with Crippen molar-refractivity contribution in [3.63, 3.8) is 0 Å². The molecule has 0 radical (unpaired) electrons. The van der Waals surface area contributed by atoms with Crippen LogP contribution in [0.25, 0.3) is 0 Å². The molecule has 2 aromatic carbocycles. The molecule has 122 valence electrons. The van der Waals surface area contributed by atoms with E-state index in [4.69, 9.17) is 4.74 Å². The number of hydrogen-bond donors (Lipinski definition) is 0. The third kappa shape index (κ3) is 3.80. The summed E-state index contributed by atoms with van der Waals surface area (Å²) in [5.41, 5.74) is -0.000543. The molecule has 5 nitrogen and oxygen atoms in total. The number of non-ortho nitro benzene ring substituents is 1. The number of nitro groups is 1. The SMILES string of the molecule is CC(C)(C)P(=O)(COc1ccc([N+](=O)[O-])cc1)c1ccccc1. The summed E-state index contributed by atoms with van der Waals surface area (Å²) in [6.07, 6.45) is 0.0539. The highest BCUT2D eigenvalue weighted by Gasteiger charge is 2.38. The van der Waals surface area contributed by atoms with Crippen molar-refractivity contribution in [3.8, 4) is 5.75 Å². The molecule has 0 fully saturated rings. The summed E-state index contributed by atoms with van der Waals surface area (Å²) < 4.78 is 19.3. The molecule has 0 aliphatic heterocycles. The summed E-state index contributed by atoms with van der Waals surface area (Å²) in [6.45, 7) is 5.79. The van der Waals surface area contributed by atoms with Gasteiger partial charge in [0.2, 0.25) is 0 Å². The van der Waals surface area contributed by atoms with Crippen molar-refractivity contribution in [3.05, 3.63) is 64.7 Å². The van der Waals surface area contributed by atoms with E-state index in [-0.39, 0.29) is 12.0 Å². The lowest BCUT2D eigenvalue weighted by atomic mass is 10.3. The van der Waals surface area contributed by atoms with E-state index in [1.54, 1.807) is 0 Å². The highest BCUT2D eigenvalue weighted by Crippen LogP contribution is 2.56. The van der Waals surface area contributed by atoms with E-state index in [1.165, 1.54) is 24.3 Å². The average molecular weight is 333 g/mol. The maximum absolute atomic E-state index is 13.6. The zero-order chi connectivity index (χ0) is 17.1. The van der Waals surface area contributed by atoms with E-state index in [9.17, 15) is 14.7 Å². The van der Waals surface area contributed by atoms with E-state index in [0.717, 1.165) is 5.30 Å². The molecule has 6 heteroatoms. The van der Waals surface area contributed by atoms with Crippen LogP contribution in [0, 0.1) is 10.1 Å². The molecular formula is C17H20NO4P. The molecule has 0 saturated heterocycles. The Kier molecular flexibility index (Phi) is 4.90. The summed E-state index contributed by atoms with van der Waals surface area (Å²) in [7, 11) is -2.81. The topological polar surface area (TPSA) is 69.4 Å². The smallest absolute Gasteiger partial charge is 0.269 e. The summed E-state index contributed by atoms with van der Waals surface area (Å²) in [5, 5.41) is 11.0. The molecule has 0 amide bonds. The summed E-state index contributed by atoms with van der Waals surface area (Å²) in [5.74, 6) is 0.469. The molecule has 2 aromatic rings. The van der Waals surface area contributed by atoms with Gasteiger partial charge in [-0.2, -0.15) is 0 Å². The second-order valence-corrected chi connectivity index (χ2v) is 9.87. The van der Waals surface area contributed by atoms with Crippen molar-refractivity contribution in [1.29, 1.82) is 0 Å². The number of nitro benzene ring substituents is 1. The fraction of sp³-hybridized carbons (Fsp3) is 0.294. The van der Waals surface area contributed by atoms with Gasteiger partial charge in [-0.3, -0.25) is 10.1 Å². The first-order valence-electron chi connectivity index (χ1n) is 7.26. The Morgan fingerprint density at radius 2 is 1.61 bits per heavy atom. The van der Waals surface area contributed by atoms with Crippen LogP contribution in [0.5, 0.6) is 5.75 Å². The van der Waals surface area contributed by atoms with Gasteiger partial charge in [-0.25, -0.2) is 0 Å². The molecule has 1 unspecified atom stereocenters. The minimum Gasteiger partial charge on any atom is -0.486 e. The van der Waals surface area contributed by atoms with Gasteiger partial charge in [0.15, 0.2) is 7.14 Å². The fourth-order valence-corrected chi connectivity index (χ4v) is 4.45. The Morgan fingerprint density at radius 1 is 1.04 bits per heavy atom. The van der Waals surface area contributed by atoms with Crippen molar-refractivity contribution in [2.45, 2.75) is 25.9 Å². The van der Waals surface area contributed by atoms with Crippen molar-refractivity contribution in [2.75, 3.05) is 6.35 Å². The Bertz CT molecular complexity index is 721. The van der Waals surface area contributed by atoms with Crippen molar-refractivity contribution in [1.82, 2.24) is 0 Å². The van der Waals surface area contributed by atoms with Gasteiger partial charge in [-0.1, -0.05) is 51.1 Å². The Balaban J connectivity index is 2.23. The van der Waals surface area contributed by atoms with Gasteiger partial charge in [0.1, 0.15) is 12.1 Å². The molecule has 0 spiro atoms. The van der Waals surface area contributed by atoms with Crippen LogP contribution in [0.15, 0.2) is 54.6 Å². The molecule has 0 N–H and O–H groups in total. The third-order valence-corrected chi connectivity index (χ3v) is 7.51. The molecule has 2 rings (SSSR count). The van der Waals surface area contributed by atoms with E-state index in [0.29, 0.717) is 5.75 Å². The third-order valence-electron chi connectivity index (χ3n) is 3.72. The van der Waals surface area contributed by atoms with Gasteiger partial charge in [0.05, 0.1) is 4.92 Å². The summed E-state index contributed by atoms with van der Waals surface area (Å²) in [6, 6.07) is 15.1. The van der Waals surface area contributed by atoms with Crippen LogP contribution in [0.2, 0.25) is 0 Å². The molecule has 0 aromatic heterocycles. The average Bonchev–Trinajstić information content (AvgIpc) is 2.52. The van der Waals surface area contributed by atoms with Crippen molar-refractivity contribution in [2.24, 2.45) is 0 Å². The quantitative estimate of drug-likeness (QED) is 0.461. The molecule has 1 atom stereocenters. The van der Waals surface area contributed by atoms with Crippen LogP contribution in [-0.2, 0) is 4.57 Å². The number of nitrogens with zero attached hydrogens (tertiary/aromatic N) is 1. The normalized spacial score (nSPS) is 14.0. The van der Waals surface area contributed by atoms with Crippen LogP contribution in [0.3, 0.4) is 0 Å². The monoisotopic (exact) mass is 333 g/mol. The molecule has 0 heterocycles. The second kappa shape index (κ2) is 6.55. The highest BCUT2D eigenvalue weighted by molar-refractivity contribution is 7.72. The largest absolute Gasteiger partial charge is 0.486 e. The zero-order valence-electron chi connectivity index (χ0n) is 13.4. The number of benzene rings is 2. The van der Waals surface area contributed by atoms with Gasteiger partial charge < -0.3 is 9.30 Å². The molecule has 23 heavy (non-hydrogen) atoms. The lowest BCUT2D eigenvalue weighted by Crippen LogP contribution is -2.27. The predicted octanol–water partition coefficient (Wildman–Crippen LogP) is 4.42. The standard InChI is InChI=1S/C17H20NO4P/c1-17(2,3)23(21,16-7-5-4-6-8-16)13-22-15-11-9-14(10-12-15)18(19)20/h4-12H,13H2,1-3H3. The van der Waals surface area contributed by atoms with Gasteiger partial charge in [-0.15, -0.1) is 0 Å². The zero-order valence-corrected chi connectivity index (χ0v) is 14.3. The van der Waals surface area contributed by atoms with Gasteiger partial charge >= 0.3 is 0 Å². The lowest BCUT2D eigenvalue weighted by molar-refractivity contribution is -0.384. The summed E-state index contributed by atoms with van der Waals surface area (Å²) >= 11 is 0. The predicted molar refractivity (Wildman–Crippen MR) is 92.0 cm³/mol. The van der Waals surface area contributed by atoms with Crippen molar-refractivity contribution < 1.29 is 14.2 Å². The van der Waals surface area contributed by atoms with Crippen LogP contribution < -0.4 is 10.0 Å². The maximum atomic E-state index is 13.6. The maximum Gasteiger partial charge on any atom is 0.269 e. The van der Waals surface area contributed by atoms with Crippen molar-refractivity contribution >= 4 is 18.1 Å². The molecule has 0 aliphatic rings. The number of ether oxygens (including phenoxy) is 1. The molecular weight excluding hydrogens is 313 g/mol. The van der Waals surface area contributed by atoms with E-state index < -0.39 is 17.2 Å². The lowest BCUT2D eigenvalue weighted by Gasteiger charge is -2.31. The first kappa shape index (κ1) is 17.2. The van der Waals surface area contributed by atoms with Gasteiger partial charge in [0, 0.05) is 22.6 Å². The van der Waals surface area contributed by atoms with E-state index in [1.807, 2.05) is 51.1 Å². The number of rotatable bonds is 5. The summed E-state index contributed by atoms with van der Waals surface area (Å²) in [4.78, 5) is 10.2. The molecule has 0 aliphatic carbocycles. The van der Waals surface area contributed by atoms with Gasteiger partial charge in [0.25, 0.3) is 5.69 Å². The Labute approximate surface area is 135 Å². The minimum atomic E-state index is -2.81. The first-order chi connectivity index (χ1) is 10.7.